The highest BCUT2D eigenvalue weighted by Crippen LogP contribution is 2.25. The van der Waals surface area contributed by atoms with Gasteiger partial charge in [-0.05, 0) is 37.1 Å². The van der Waals surface area contributed by atoms with E-state index in [1.165, 1.54) is 0 Å². The van der Waals surface area contributed by atoms with Gasteiger partial charge in [-0.2, -0.15) is 0 Å². The predicted octanol–water partition coefficient (Wildman–Crippen LogP) is 1.25. The highest BCUT2D eigenvalue weighted by atomic mass is 16.2. The zero-order valence-electron chi connectivity index (χ0n) is 15.9. The Kier molecular flexibility index (Phi) is 5.28. The quantitative estimate of drug-likeness (QED) is 0.499. The van der Waals surface area contributed by atoms with Crippen molar-refractivity contribution in [3.8, 4) is 0 Å². The number of nitrogens with zero attached hydrogens (tertiary/aromatic N) is 3. The number of anilines is 2. The molecule has 1 aliphatic rings. The van der Waals surface area contributed by atoms with Gasteiger partial charge in [0.1, 0.15) is 17.8 Å². The summed E-state index contributed by atoms with van der Waals surface area (Å²) in [6.45, 7) is 1.70. The normalized spacial score (nSPS) is 16.6. The molecular weight excluding hydrogens is 370 g/mol. The van der Waals surface area contributed by atoms with Crippen LogP contribution in [-0.4, -0.2) is 52.4 Å². The summed E-state index contributed by atoms with van der Waals surface area (Å²) in [7, 11) is 0. The summed E-state index contributed by atoms with van der Waals surface area (Å²) in [4.78, 5) is 37.6. The topological polar surface area (TPSA) is 129 Å². The summed E-state index contributed by atoms with van der Waals surface area (Å²) in [5.74, 6) is 0.286. The number of nitrogens with one attached hydrogen (secondary N) is 3. The van der Waals surface area contributed by atoms with Gasteiger partial charge in [-0.25, -0.2) is 9.97 Å². The van der Waals surface area contributed by atoms with E-state index in [1.54, 1.807) is 30.6 Å². The van der Waals surface area contributed by atoms with E-state index in [1.807, 2.05) is 12.3 Å². The summed E-state index contributed by atoms with van der Waals surface area (Å²) in [6, 6.07) is 8.80. The third-order valence-electron chi connectivity index (χ3n) is 5.02. The SMILES string of the molecule is NC(=O)c1cccc(NCC(=O)N[C@@H]2CCCN(c3ncnc4[nH]ccc34)C2)c1. The molecule has 1 fully saturated rings. The minimum Gasteiger partial charge on any atom is -0.376 e. The van der Waals surface area contributed by atoms with Crippen LogP contribution in [0.1, 0.15) is 23.2 Å². The number of carbonyl (C=O) groups is 2. The molecule has 0 bridgehead atoms. The fraction of sp³-hybridized carbons (Fsp3) is 0.300. The first-order valence-electron chi connectivity index (χ1n) is 9.56. The number of fused-ring (bicyclic) bond motifs is 1. The van der Waals surface area contributed by atoms with Crippen molar-refractivity contribution in [1.29, 1.82) is 0 Å². The number of hydrogen-bond donors (Lipinski definition) is 4. The zero-order valence-corrected chi connectivity index (χ0v) is 15.9. The lowest BCUT2D eigenvalue weighted by Gasteiger charge is -2.34. The number of primary amides is 1. The van der Waals surface area contributed by atoms with Gasteiger partial charge in [0.15, 0.2) is 0 Å². The largest absolute Gasteiger partial charge is 0.376 e. The molecular formula is C20H23N7O2. The Morgan fingerprint density at radius 3 is 3.03 bits per heavy atom. The van der Waals surface area contributed by atoms with Crippen LogP contribution in [0.2, 0.25) is 0 Å². The summed E-state index contributed by atoms with van der Waals surface area (Å²) in [6.07, 6.45) is 5.29. The van der Waals surface area contributed by atoms with Gasteiger partial charge in [0, 0.05) is 36.6 Å². The van der Waals surface area contributed by atoms with Crippen LogP contribution in [0.3, 0.4) is 0 Å². The number of H-pyrrole nitrogens is 1. The molecule has 1 aromatic carbocycles. The van der Waals surface area contributed by atoms with Crippen LogP contribution >= 0.6 is 0 Å². The molecule has 5 N–H and O–H groups in total. The lowest BCUT2D eigenvalue weighted by molar-refractivity contribution is -0.120. The lowest BCUT2D eigenvalue weighted by Crippen LogP contribution is -2.49. The van der Waals surface area contributed by atoms with Crippen LogP contribution in [0, 0.1) is 0 Å². The molecule has 0 unspecified atom stereocenters. The molecule has 0 aliphatic carbocycles. The third-order valence-corrected chi connectivity index (χ3v) is 5.02. The Labute approximate surface area is 167 Å². The number of piperidine rings is 1. The second-order valence-electron chi connectivity index (χ2n) is 7.09. The van der Waals surface area contributed by atoms with E-state index in [9.17, 15) is 9.59 Å². The van der Waals surface area contributed by atoms with Gasteiger partial charge in [-0.1, -0.05) is 6.07 Å². The number of benzene rings is 1. The summed E-state index contributed by atoms with van der Waals surface area (Å²) >= 11 is 0. The minimum atomic E-state index is -0.498. The van der Waals surface area contributed by atoms with Crippen LogP contribution in [0.15, 0.2) is 42.9 Å². The van der Waals surface area contributed by atoms with Gasteiger partial charge in [-0.15, -0.1) is 0 Å². The Balaban J connectivity index is 1.34. The first-order chi connectivity index (χ1) is 14.1. The van der Waals surface area contributed by atoms with Crippen LogP contribution in [0.25, 0.3) is 11.0 Å². The van der Waals surface area contributed by atoms with E-state index >= 15 is 0 Å². The Morgan fingerprint density at radius 1 is 1.28 bits per heavy atom. The second kappa shape index (κ2) is 8.17. The zero-order chi connectivity index (χ0) is 20.2. The highest BCUT2D eigenvalue weighted by Gasteiger charge is 2.23. The predicted molar refractivity (Wildman–Crippen MR) is 111 cm³/mol. The van der Waals surface area contributed by atoms with Crippen molar-refractivity contribution in [1.82, 2.24) is 20.3 Å². The van der Waals surface area contributed by atoms with E-state index in [-0.39, 0.29) is 18.5 Å². The minimum absolute atomic E-state index is 0.0407. The smallest absolute Gasteiger partial charge is 0.248 e. The van der Waals surface area contributed by atoms with Gasteiger partial charge in [0.2, 0.25) is 11.8 Å². The lowest BCUT2D eigenvalue weighted by atomic mass is 10.1. The summed E-state index contributed by atoms with van der Waals surface area (Å²) in [5.41, 5.74) is 7.18. The van der Waals surface area contributed by atoms with Crippen LogP contribution in [-0.2, 0) is 4.79 Å². The number of hydrogen-bond acceptors (Lipinski definition) is 6. The van der Waals surface area contributed by atoms with Crippen molar-refractivity contribution in [3.63, 3.8) is 0 Å². The van der Waals surface area contributed by atoms with E-state index in [0.717, 1.165) is 36.2 Å². The maximum atomic E-state index is 12.4. The highest BCUT2D eigenvalue weighted by molar-refractivity contribution is 5.94. The summed E-state index contributed by atoms with van der Waals surface area (Å²) in [5, 5.41) is 7.10. The molecule has 3 heterocycles. The third kappa shape index (κ3) is 4.29. The van der Waals surface area contributed by atoms with Crippen molar-refractivity contribution in [2.45, 2.75) is 18.9 Å². The van der Waals surface area contributed by atoms with Crippen molar-refractivity contribution < 1.29 is 9.59 Å². The van der Waals surface area contributed by atoms with Crippen molar-refractivity contribution in [2.75, 3.05) is 29.9 Å². The van der Waals surface area contributed by atoms with E-state index in [2.05, 4.69) is 30.5 Å². The monoisotopic (exact) mass is 393 g/mol. The van der Waals surface area contributed by atoms with E-state index in [0.29, 0.717) is 17.8 Å². The molecule has 29 heavy (non-hydrogen) atoms. The standard InChI is InChI=1S/C20H23N7O2/c21-18(29)13-3-1-4-14(9-13)23-10-17(28)26-15-5-2-8-27(11-15)20-16-6-7-22-19(16)24-12-25-20/h1,3-4,6-7,9,12,15,23H,2,5,8,10-11H2,(H2,21,29)(H,26,28)(H,22,24,25)/t15-/m1/s1. The Bertz CT molecular complexity index is 1030. The molecule has 2 aromatic heterocycles. The maximum absolute atomic E-state index is 12.4. The van der Waals surface area contributed by atoms with Crippen LogP contribution in [0.5, 0.6) is 0 Å². The fourth-order valence-corrected chi connectivity index (χ4v) is 3.64. The molecule has 1 aliphatic heterocycles. The molecule has 0 saturated carbocycles. The molecule has 1 saturated heterocycles. The fourth-order valence-electron chi connectivity index (χ4n) is 3.64. The molecule has 2 amide bonds. The first kappa shape index (κ1) is 18.7. The van der Waals surface area contributed by atoms with E-state index < -0.39 is 5.91 Å². The average Bonchev–Trinajstić information content (AvgIpc) is 3.21. The number of carbonyl (C=O) groups excluding carboxylic acids is 2. The molecule has 3 aromatic rings. The molecule has 9 nitrogen and oxygen atoms in total. The first-order valence-corrected chi connectivity index (χ1v) is 9.56. The number of aromatic amines is 1. The van der Waals surface area contributed by atoms with Gasteiger partial charge in [-0.3, -0.25) is 9.59 Å². The maximum Gasteiger partial charge on any atom is 0.248 e. The van der Waals surface area contributed by atoms with Crippen molar-refractivity contribution in [3.05, 3.63) is 48.4 Å². The van der Waals surface area contributed by atoms with E-state index in [4.69, 9.17) is 5.73 Å². The number of aromatic nitrogens is 3. The Morgan fingerprint density at radius 2 is 2.17 bits per heavy atom. The molecule has 9 heteroatoms. The molecule has 4 rings (SSSR count). The Hall–Kier alpha value is -3.62. The number of amides is 2. The van der Waals surface area contributed by atoms with Gasteiger partial charge >= 0.3 is 0 Å². The second-order valence-corrected chi connectivity index (χ2v) is 7.09. The van der Waals surface area contributed by atoms with Gasteiger partial charge < -0.3 is 26.3 Å². The number of nitrogens with two attached hydrogens (primary N) is 1. The van der Waals surface area contributed by atoms with Gasteiger partial charge in [0.25, 0.3) is 0 Å². The van der Waals surface area contributed by atoms with Crippen molar-refractivity contribution in [2.24, 2.45) is 5.73 Å². The summed E-state index contributed by atoms with van der Waals surface area (Å²) < 4.78 is 0. The van der Waals surface area contributed by atoms with Crippen LogP contribution < -0.4 is 21.3 Å². The average molecular weight is 393 g/mol. The molecule has 0 spiro atoms. The molecule has 150 valence electrons. The van der Waals surface area contributed by atoms with Crippen molar-refractivity contribution >= 4 is 34.4 Å². The molecule has 1 atom stereocenters. The molecule has 0 radical (unpaired) electrons. The van der Waals surface area contributed by atoms with Gasteiger partial charge in [0.05, 0.1) is 11.9 Å². The van der Waals surface area contributed by atoms with Crippen LogP contribution in [0.4, 0.5) is 11.5 Å². The number of rotatable bonds is 6.